The fourth-order valence-electron chi connectivity index (χ4n) is 0.341. The number of carboxylic acids is 2. The molecule has 15 heavy (non-hydrogen) atoms. The Kier molecular flexibility index (Phi) is 10.1. The highest BCUT2D eigenvalue weighted by atomic mass is 16.4. The Morgan fingerprint density at radius 2 is 1.40 bits per heavy atom. The molecule has 2 atom stereocenters. The molecular formula is C7H16N2O6. The van der Waals surface area contributed by atoms with Crippen molar-refractivity contribution in [1.29, 1.82) is 0 Å². The van der Waals surface area contributed by atoms with E-state index in [1.54, 1.807) is 0 Å². The van der Waals surface area contributed by atoms with Crippen LogP contribution in [-0.4, -0.2) is 57.7 Å². The Balaban J connectivity index is 0. The summed E-state index contributed by atoms with van der Waals surface area (Å²) < 4.78 is 0. The summed E-state index contributed by atoms with van der Waals surface area (Å²) in [5.74, 6) is -2.25. The van der Waals surface area contributed by atoms with Crippen molar-refractivity contribution >= 4 is 11.9 Å². The third-order valence-electron chi connectivity index (χ3n) is 1.27. The minimum Gasteiger partial charge on any atom is -0.480 e. The van der Waals surface area contributed by atoms with Crippen LogP contribution in [0.2, 0.25) is 0 Å². The van der Waals surface area contributed by atoms with Crippen LogP contribution in [-0.2, 0) is 9.59 Å². The van der Waals surface area contributed by atoms with Crippen molar-refractivity contribution in [3.63, 3.8) is 0 Å². The highest BCUT2D eigenvalue weighted by molar-refractivity contribution is 5.73. The fourth-order valence-corrected chi connectivity index (χ4v) is 0.341. The summed E-state index contributed by atoms with van der Waals surface area (Å²) in [5.41, 5.74) is 9.73. The molecule has 0 saturated carbocycles. The van der Waals surface area contributed by atoms with E-state index < -0.39 is 30.6 Å². The molecular weight excluding hydrogens is 208 g/mol. The molecule has 0 aromatic rings. The Morgan fingerprint density at radius 3 is 1.47 bits per heavy atom. The topological polar surface area (TPSA) is 167 Å². The molecule has 0 radical (unpaired) electrons. The van der Waals surface area contributed by atoms with Gasteiger partial charge in [0.1, 0.15) is 12.1 Å². The first-order chi connectivity index (χ1) is 6.86. The van der Waals surface area contributed by atoms with Crippen LogP contribution in [0.3, 0.4) is 0 Å². The van der Waals surface area contributed by atoms with Crippen molar-refractivity contribution in [3.8, 4) is 0 Å². The molecule has 0 fully saturated rings. The highest BCUT2D eigenvalue weighted by Gasteiger charge is 2.08. The molecule has 0 aliphatic carbocycles. The summed E-state index contributed by atoms with van der Waals surface area (Å²) in [5, 5.41) is 32.1. The summed E-state index contributed by atoms with van der Waals surface area (Å²) in [6, 6.07) is -2.04. The van der Waals surface area contributed by atoms with Gasteiger partial charge in [-0.3, -0.25) is 9.59 Å². The van der Waals surface area contributed by atoms with Crippen LogP contribution in [0.25, 0.3) is 0 Å². The predicted octanol–water partition coefficient (Wildman–Crippen LogP) is -2.83. The smallest absolute Gasteiger partial charge is 0.322 e. The molecule has 2 unspecified atom stereocenters. The maximum atomic E-state index is 9.85. The van der Waals surface area contributed by atoms with Crippen LogP contribution >= 0.6 is 0 Å². The van der Waals surface area contributed by atoms with Crippen LogP contribution in [0.5, 0.6) is 0 Å². The van der Waals surface area contributed by atoms with Gasteiger partial charge in [-0.15, -0.1) is 0 Å². The highest BCUT2D eigenvalue weighted by Crippen LogP contribution is 1.83. The Bertz CT molecular complexity index is 198. The fraction of sp³-hybridized carbons (Fsp3) is 0.714. The molecule has 0 amide bonds. The molecule has 0 aliphatic heterocycles. The molecule has 0 bridgehead atoms. The molecule has 8 heteroatoms. The second-order valence-electron chi connectivity index (χ2n) is 2.58. The number of rotatable bonds is 5. The molecule has 8 nitrogen and oxygen atoms in total. The SMILES string of the molecule is NC(CCO)C(=O)O.NC(CO)C(=O)O. The van der Waals surface area contributed by atoms with E-state index in [1.807, 2.05) is 0 Å². The minimum absolute atomic E-state index is 0.120. The quantitative estimate of drug-likeness (QED) is 0.290. The first-order valence-corrected chi connectivity index (χ1v) is 4.05. The molecule has 0 spiro atoms. The van der Waals surface area contributed by atoms with E-state index in [9.17, 15) is 9.59 Å². The number of nitrogens with two attached hydrogens (primary N) is 2. The van der Waals surface area contributed by atoms with Gasteiger partial charge in [0.25, 0.3) is 0 Å². The molecule has 0 rings (SSSR count). The lowest BCUT2D eigenvalue weighted by molar-refractivity contribution is -0.140. The van der Waals surface area contributed by atoms with Crippen LogP contribution in [0.4, 0.5) is 0 Å². The standard InChI is InChI=1S/C4H9NO3.C3H7NO3/c5-3(1-2-6)4(7)8;4-2(1-5)3(6)7/h3,6H,1-2,5H2,(H,7,8);2,5H,1,4H2,(H,6,7). The maximum Gasteiger partial charge on any atom is 0.322 e. The van der Waals surface area contributed by atoms with Crippen LogP contribution in [0.15, 0.2) is 0 Å². The van der Waals surface area contributed by atoms with Gasteiger partial charge in [-0.05, 0) is 6.42 Å². The molecule has 0 heterocycles. The Morgan fingerprint density at radius 1 is 1.00 bits per heavy atom. The average Bonchev–Trinajstić information content (AvgIpc) is 2.17. The lowest BCUT2D eigenvalue weighted by Gasteiger charge is -2.00. The van der Waals surface area contributed by atoms with Crippen molar-refractivity contribution < 1.29 is 30.0 Å². The van der Waals surface area contributed by atoms with E-state index in [2.05, 4.69) is 0 Å². The number of hydrogen-bond donors (Lipinski definition) is 6. The van der Waals surface area contributed by atoms with E-state index >= 15 is 0 Å². The number of aliphatic hydroxyl groups excluding tert-OH is 2. The first-order valence-electron chi connectivity index (χ1n) is 4.05. The van der Waals surface area contributed by atoms with Crippen molar-refractivity contribution in [3.05, 3.63) is 0 Å². The van der Waals surface area contributed by atoms with E-state index in [0.717, 1.165) is 0 Å². The largest absolute Gasteiger partial charge is 0.480 e. The zero-order valence-corrected chi connectivity index (χ0v) is 8.04. The Hall–Kier alpha value is -1.22. The zero-order valence-electron chi connectivity index (χ0n) is 8.04. The lowest BCUT2D eigenvalue weighted by Crippen LogP contribution is -2.33. The molecule has 0 saturated heterocycles. The minimum atomic E-state index is -1.18. The van der Waals surface area contributed by atoms with Gasteiger partial charge in [0.2, 0.25) is 0 Å². The van der Waals surface area contributed by atoms with Crippen molar-refractivity contribution in [1.82, 2.24) is 0 Å². The summed E-state index contributed by atoms with van der Waals surface area (Å²) in [6.07, 6.45) is 0.120. The van der Waals surface area contributed by atoms with Gasteiger partial charge in [-0.25, -0.2) is 0 Å². The zero-order chi connectivity index (χ0) is 12.4. The van der Waals surface area contributed by atoms with Gasteiger partial charge in [0.05, 0.1) is 6.61 Å². The van der Waals surface area contributed by atoms with Gasteiger partial charge in [-0.1, -0.05) is 0 Å². The van der Waals surface area contributed by atoms with E-state index in [1.165, 1.54) is 0 Å². The summed E-state index contributed by atoms with van der Waals surface area (Å²) >= 11 is 0. The number of aliphatic hydroxyl groups is 2. The second kappa shape index (κ2) is 9.34. The normalized spacial score (nSPS) is 13.3. The number of carboxylic acid groups (broad SMARTS) is 2. The van der Waals surface area contributed by atoms with Crippen molar-refractivity contribution in [2.24, 2.45) is 11.5 Å². The predicted molar refractivity (Wildman–Crippen MR) is 50.0 cm³/mol. The number of carbonyl (C=O) groups is 2. The number of aliphatic carboxylic acids is 2. The Labute approximate surface area is 86.1 Å². The van der Waals surface area contributed by atoms with Gasteiger partial charge in [-0.2, -0.15) is 0 Å². The molecule has 0 aromatic heterocycles. The molecule has 8 N–H and O–H groups in total. The molecule has 0 aromatic carbocycles. The van der Waals surface area contributed by atoms with Gasteiger partial charge < -0.3 is 31.9 Å². The van der Waals surface area contributed by atoms with Gasteiger partial charge in [0, 0.05) is 6.61 Å². The van der Waals surface area contributed by atoms with Crippen LogP contribution < -0.4 is 11.5 Å². The maximum absolute atomic E-state index is 9.85. The molecule has 90 valence electrons. The third kappa shape index (κ3) is 10.7. The number of hydrogen-bond acceptors (Lipinski definition) is 6. The lowest BCUT2D eigenvalue weighted by atomic mass is 10.2. The summed E-state index contributed by atoms with van der Waals surface area (Å²) in [4.78, 5) is 19.5. The third-order valence-corrected chi connectivity index (χ3v) is 1.27. The van der Waals surface area contributed by atoms with E-state index in [-0.39, 0.29) is 13.0 Å². The van der Waals surface area contributed by atoms with Crippen LogP contribution in [0.1, 0.15) is 6.42 Å². The van der Waals surface area contributed by atoms with Gasteiger partial charge in [0.15, 0.2) is 0 Å². The summed E-state index contributed by atoms with van der Waals surface area (Å²) in [6.45, 7) is -0.678. The van der Waals surface area contributed by atoms with Crippen molar-refractivity contribution in [2.45, 2.75) is 18.5 Å². The molecule has 0 aliphatic rings. The van der Waals surface area contributed by atoms with Crippen molar-refractivity contribution in [2.75, 3.05) is 13.2 Å². The average molecular weight is 224 g/mol. The van der Waals surface area contributed by atoms with Crippen LogP contribution in [0, 0.1) is 0 Å². The second-order valence-corrected chi connectivity index (χ2v) is 2.58. The summed E-state index contributed by atoms with van der Waals surface area (Å²) in [7, 11) is 0. The van der Waals surface area contributed by atoms with E-state index in [4.69, 9.17) is 31.9 Å². The van der Waals surface area contributed by atoms with E-state index in [0.29, 0.717) is 0 Å². The monoisotopic (exact) mass is 224 g/mol. The van der Waals surface area contributed by atoms with Gasteiger partial charge >= 0.3 is 11.9 Å². The first kappa shape index (κ1) is 16.2.